The number of rotatable bonds is 3. The van der Waals surface area contributed by atoms with Gasteiger partial charge in [0.05, 0.1) is 22.8 Å². The molecule has 1 radical (unpaired) electrons. The van der Waals surface area contributed by atoms with E-state index in [4.69, 9.17) is 0 Å². The number of pyridine rings is 2. The molecular formula is C31H15F9IrN2S3-2. The van der Waals surface area contributed by atoms with Crippen LogP contribution in [0.25, 0.3) is 26.7 Å². The summed E-state index contributed by atoms with van der Waals surface area (Å²) in [6, 6.07) is 18.6. The fourth-order valence-corrected chi connectivity index (χ4v) is 5.24. The van der Waals surface area contributed by atoms with Crippen molar-refractivity contribution in [3.63, 3.8) is 0 Å². The fraction of sp³-hybridized carbons (Fsp3) is 0.0968. The molecule has 241 valence electrons. The van der Waals surface area contributed by atoms with Crippen LogP contribution in [0.1, 0.15) is 16.0 Å². The Kier molecular flexibility index (Phi) is 12.8. The Morgan fingerprint density at radius 1 is 0.565 bits per heavy atom. The van der Waals surface area contributed by atoms with Crippen molar-refractivity contribution in [2.75, 3.05) is 0 Å². The predicted octanol–water partition coefficient (Wildman–Crippen LogP) is 11.0. The maximum Gasteiger partial charge on any atom is 0.454 e. The molecule has 2 nitrogen and oxygen atoms in total. The summed E-state index contributed by atoms with van der Waals surface area (Å²) in [4.78, 5) is 9.77. The number of hydrogen-bond acceptors (Lipinski definition) is 5. The summed E-state index contributed by atoms with van der Waals surface area (Å²) >= 11 is 4.20. The molecule has 0 bridgehead atoms. The van der Waals surface area contributed by atoms with Crippen molar-refractivity contribution in [3.8, 4) is 21.1 Å². The third-order valence-corrected chi connectivity index (χ3v) is 7.95. The topological polar surface area (TPSA) is 25.8 Å². The molecule has 0 aliphatic heterocycles. The van der Waals surface area contributed by atoms with Gasteiger partial charge < -0.3 is 9.97 Å². The summed E-state index contributed by atoms with van der Waals surface area (Å²) in [5.41, 5.74) is -0.484. The quantitative estimate of drug-likeness (QED) is 0.133. The molecule has 1 aliphatic rings. The van der Waals surface area contributed by atoms with Crippen LogP contribution in [-0.4, -0.2) is 16.1 Å². The minimum absolute atomic E-state index is 0. The molecule has 0 N–H and O–H groups in total. The summed E-state index contributed by atoms with van der Waals surface area (Å²) in [7, 11) is 0. The average molecular weight is 875 g/mol. The molecule has 5 aromatic heterocycles. The molecule has 0 unspecified atom stereocenters. The zero-order valence-electron chi connectivity index (χ0n) is 22.5. The van der Waals surface area contributed by atoms with Crippen LogP contribution in [-0.2, 0) is 32.5 Å². The number of nitrogens with zero attached hydrogens (tertiary/aromatic N) is 2. The zero-order chi connectivity index (χ0) is 32.7. The molecular weight excluding hydrogens is 860 g/mol. The Bertz CT molecular complexity index is 1630. The first kappa shape index (κ1) is 37.0. The molecule has 6 rings (SSSR count). The molecule has 0 amide bonds. The first-order valence-corrected chi connectivity index (χ1v) is 14.9. The Labute approximate surface area is 282 Å². The van der Waals surface area contributed by atoms with Crippen molar-refractivity contribution in [1.29, 1.82) is 0 Å². The Morgan fingerprint density at radius 3 is 1.28 bits per heavy atom. The van der Waals surface area contributed by atoms with Gasteiger partial charge in [-0.05, 0) is 28.4 Å². The third kappa shape index (κ3) is 10.5. The summed E-state index contributed by atoms with van der Waals surface area (Å²) in [6.07, 6.45) is -5.25. The van der Waals surface area contributed by atoms with Gasteiger partial charge in [0.15, 0.2) is 0 Å². The molecule has 0 saturated heterocycles. The standard InChI is InChI=1S/C11H5F3S.2C10H5F3NS.Ir/c12-11(13,14)9-5-3-8(4-6-9)10-2-1-7-15-10;2*11-10(12,13)7-3-4-8(14-6-7)9-2-1-5-15-9;/h1,3,5-7H;2*1,3-6H;/q;2*-1;. The zero-order valence-corrected chi connectivity index (χ0v) is 27.4. The number of hydrogen-bond donors (Lipinski definition) is 0. The fourth-order valence-electron chi connectivity index (χ4n) is 3.28. The molecule has 5 aromatic rings. The number of thiophene rings is 3. The summed E-state index contributed by atoms with van der Waals surface area (Å²) in [5, 5.41) is 5.42. The number of alkyl halides is 9. The second-order valence-corrected chi connectivity index (χ2v) is 11.3. The average Bonchev–Trinajstić information content (AvgIpc) is 3.81. The van der Waals surface area contributed by atoms with Crippen LogP contribution < -0.4 is 0 Å². The van der Waals surface area contributed by atoms with Crippen LogP contribution in [0.4, 0.5) is 39.5 Å². The van der Waals surface area contributed by atoms with E-state index in [0.717, 1.165) is 51.3 Å². The maximum atomic E-state index is 12.2. The van der Waals surface area contributed by atoms with Crippen molar-refractivity contribution in [1.82, 2.24) is 9.97 Å². The minimum Gasteiger partial charge on any atom is -0.318 e. The SMILES string of the molecule is FC(F)(F)C1=C[C+]=C(c2[c-]ccs2)C=C1.FC(F)(F)c1ccc(-c2[c-]ccs2)nc1.FC(F)(F)c1ccc(-c2[c-]ccs2)nc1.[Ir]. The minimum atomic E-state index is -4.33. The van der Waals surface area contributed by atoms with Gasteiger partial charge in [-0.15, -0.1) is 16.8 Å². The van der Waals surface area contributed by atoms with E-state index in [2.05, 4.69) is 34.2 Å². The van der Waals surface area contributed by atoms with Gasteiger partial charge in [-0.25, -0.2) is 22.7 Å². The largest absolute Gasteiger partial charge is 0.454 e. The van der Waals surface area contributed by atoms with Crippen molar-refractivity contribution < 1.29 is 59.6 Å². The van der Waals surface area contributed by atoms with Crippen LogP contribution in [0.2, 0.25) is 0 Å². The van der Waals surface area contributed by atoms with Crippen LogP contribution in [0.15, 0.2) is 94.8 Å². The second kappa shape index (κ2) is 15.9. The van der Waals surface area contributed by atoms with Gasteiger partial charge in [0.1, 0.15) is 5.57 Å². The van der Waals surface area contributed by atoms with E-state index < -0.39 is 35.2 Å². The predicted molar refractivity (Wildman–Crippen MR) is 156 cm³/mol. The first-order chi connectivity index (χ1) is 21.2. The molecule has 5 heterocycles. The Hall–Kier alpha value is -3.45. The van der Waals surface area contributed by atoms with Crippen LogP contribution in [0.5, 0.6) is 0 Å². The first-order valence-electron chi connectivity index (χ1n) is 12.2. The van der Waals surface area contributed by atoms with E-state index in [-0.39, 0.29) is 20.1 Å². The summed E-state index contributed by atoms with van der Waals surface area (Å²) < 4.78 is 110. The molecule has 15 heteroatoms. The van der Waals surface area contributed by atoms with Gasteiger partial charge in [0.2, 0.25) is 0 Å². The van der Waals surface area contributed by atoms with Gasteiger partial charge in [0.25, 0.3) is 0 Å². The number of halogens is 9. The van der Waals surface area contributed by atoms with E-state index in [1.54, 1.807) is 29.0 Å². The van der Waals surface area contributed by atoms with E-state index in [9.17, 15) is 39.5 Å². The van der Waals surface area contributed by atoms with E-state index in [1.807, 2.05) is 5.38 Å². The van der Waals surface area contributed by atoms with Gasteiger partial charge in [-0.3, -0.25) is 0 Å². The molecule has 0 aromatic carbocycles. The summed E-state index contributed by atoms with van der Waals surface area (Å²) in [5.74, 6) is 0. The number of aromatic nitrogens is 2. The van der Waals surface area contributed by atoms with Crippen molar-refractivity contribution in [3.05, 3.63) is 135 Å². The van der Waals surface area contributed by atoms with Gasteiger partial charge in [-0.1, -0.05) is 39.4 Å². The Morgan fingerprint density at radius 2 is 1.00 bits per heavy atom. The monoisotopic (exact) mass is 875 g/mol. The molecule has 0 atom stereocenters. The van der Waals surface area contributed by atoms with Crippen LogP contribution >= 0.6 is 34.0 Å². The molecule has 0 spiro atoms. The maximum absolute atomic E-state index is 12.2. The molecule has 46 heavy (non-hydrogen) atoms. The van der Waals surface area contributed by atoms with Gasteiger partial charge in [0, 0.05) is 38.6 Å². The smallest absolute Gasteiger partial charge is 0.318 e. The molecule has 0 saturated carbocycles. The van der Waals surface area contributed by atoms with E-state index in [1.165, 1.54) is 52.2 Å². The van der Waals surface area contributed by atoms with E-state index >= 15 is 0 Å². The summed E-state index contributed by atoms with van der Waals surface area (Å²) in [6.45, 7) is 0. The van der Waals surface area contributed by atoms with Crippen molar-refractivity contribution in [2.24, 2.45) is 0 Å². The second-order valence-electron chi connectivity index (χ2n) is 8.53. The molecule has 1 aliphatic carbocycles. The normalized spacial score (nSPS) is 12.7. The van der Waals surface area contributed by atoms with Gasteiger partial charge >= 0.3 is 18.5 Å². The van der Waals surface area contributed by atoms with Gasteiger partial charge in [-0.2, -0.15) is 81.2 Å². The third-order valence-electron chi connectivity index (χ3n) is 5.44. The van der Waals surface area contributed by atoms with Crippen molar-refractivity contribution in [2.45, 2.75) is 18.5 Å². The van der Waals surface area contributed by atoms with Crippen LogP contribution in [0.3, 0.4) is 0 Å². The van der Waals surface area contributed by atoms with Crippen LogP contribution in [0, 0.1) is 24.3 Å². The van der Waals surface area contributed by atoms with Crippen molar-refractivity contribution >= 4 is 39.6 Å². The van der Waals surface area contributed by atoms with E-state index in [0.29, 0.717) is 17.0 Å². The number of allylic oxidation sites excluding steroid dienone is 6. The Balaban J connectivity index is 0.000000186. The molecule has 0 fully saturated rings.